The fraction of sp³-hybridized carbons (Fsp3) is 0.133. The van der Waals surface area contributed by atoms with Crippen LogP contribution in [0, 0.1) is 0 Å². The topological polar surface area (TPSA) is 101 Å². The second-order valence-corrected chi connectivity index (χ2v) is 4.25. The summed E-state index contributed by atoms with van der Waals surface area (Å²) in [6, 6.07) is 12.4. The maximum atomic E-state index is 12.1. The van der Waals surface area contributed by atoms with Gasteiger partial charge in [0, 0.05) is 19.3 Å². The van der Waals surface area contributed by atoms with Crippen LogP contribution in [-0.2, 0) is 0 Å². The molecule has 0 radical (unpaired) electrons. The van der Waals surface area contributed by atoms with E-state index in [1.165, 1.54) is 6.20 Å². The Morgan fingerprint density at radius 3 is 2.50 bits per heavy atom. The molecule has 0 unspecified atom stereocenters. The molecule has 7 heteroatoms. The molecule has 2 rings (SSSR count). The van der Waals surface area contributed by atoms with E-state index in [2.05, 4.69) is 15.6 Å². The molecule has 1 aromatic heterocycles. The van der Waals surface area contributed by atoms with Gasteiger partial charge in [-0.1, -0.05) is 18.2 Å². The first-order valence-electron chi connectivity index (χ1n) is 6.60. The van der Waals surface area contributed by atoms with Crippen molar-refractivity contribution >= 4 is 12.0 Å². The van der Waals surface area contributed by atoms with E-state index in [-0.39, 0.29) is 18.8 Å². The normalized spacial score (nSPS) is 9.82. The van der Waals surface area contributed by atoms with Crippen molar-refractivity contribution in [2.45, 2.75) is 0 Å². The van der Waals surface area contributed by atoms with Gasteiger partial charge in [0.05, 0.1) is 0 Å². The number of benzene rings is 1. The summed E-state index contributed by atoms with van der Waals surface area (Å²) in [5, 5.41) is 13.2. The van der Waals surface area contributed by atoms with Gasteiger partial charge in [0.25, 0.3) is 5.91 Å². The van der Waals surface area contributed by atoms with E-state index in [0.717, 1.165) is 0 Å². The van der Waals surface area contributed by atoms with E-state index in [9.17, 15) is 9.59 Å². The summed E-state index contributed by atoms with van der Waals surface area (Å²) in [6.07, 6.45) is 0.350. The third-order valence-corrected chi connectivity index (χ3v) is 2.64. The summed E-state index contributed by atoms with van der Waals surface area (Å²) in [5.41, 5.74) is 0.140. The highest BCUT2D eigenvalue weighted by molar-refractivity contribution is 5.95. The highest BCUT2D eigenvalue weighted by atomic mass is 16.5. The molecule has 1 aromatic carbocycles. The number of pyridine rings is 1. The molecule has 22 heavy (non-hydrogen) atoms. The number of amides is 2. The van der Waals surface area contributed by atoms with Gasteiger partial charge in [-0.25, -0.2) is 9.78 Å². The van der Waals surface area contributed by atoms with Crippen molar-refractivity contribution in [3.63, 3.8) is 0 Å². The predicted octanol–water partition coefficient (Wildman–Crippen LogP) is 1.87. The number of nitrogens with one attached hydrogen (secondary N) is 2. The average Bonchev–Trinajstić information content (AvgIpc) is 2.53. The number of carbonyl (C=O) groups excluding carboxylic acids is 1. The molecule has 0 saturated heterocycles. The first kappa shape index (κ1) is 15.3. The van der Waals surface area contributed by atoms with Gasteiger partial charge in [0.1, 0.15) is 5.75 Å². The van der Waals surface area contributed by atoms with Crippen molar-refractivity contribution in [3.8, 4) is 11.5 Å². The molecule has 0 aliphatic carbocycles. The molecule has 0 spiro atoms. The molecule has 3 N–H and O–H groups in total. The Morgan fingerprint density at radius 1 is 1.05 bits per heavy atom. The minimum atomic E-state index is -1.14. The summed E-state index contributed by atoms with van der Waals surface area (Å²) < 4.78 is 5.64. The van der Waals surface area contributed by atoms with E-state index in [4.69, 9.17) is 9.84 Å². The highest BCUT2D eigenvalue weighted by Crippen LogP contribution is 2.23. The van der Waals surface area contributed by atoms with E-state index in [1.54, 1.807) is 24.3 Å². The number of carboxylic acid groups (broad SMARTS) is 1. The van der Waals surface area contributed by atoms with Crippen LogP contribution in [-0.4, -0.2) is 35.2 Å². The van der Waals surface area contributed by atoms with Gasteiger partial charge in [-0.2, -0.15) is 0 Å². The lowest BCUT2D eigenvalue weighted by Gasteiger charge is -2.10. The maximum Gasteiger partial charge on any atom is 0.404 e. The van der Waals surface area contributed by atoms with E-state index >= 15 is 0 Å². The average molecular weight is 301 g/mol. The van der Waals surface area contributed by atoms with Gasteiger partial charge >= 0.3 is 6.09 Å². The van der Waals surface area contributed by atoms with Crippen LogP contribution in [0.2, 0.25) is 0 Å². The third kappa shape index (κ3) is 4.48. The number of carbonyl (C=O) groups is 2. The van der Waals surface area contributed by atoms with Crippen molar-refractivity contribution in [1.29, 1.82) is 0 Å². The number of hydrogen-bond acceptors (Lipinski definition) is 4. The van der Waals surface area contributed by atoms with Gasteiger partial charge in [-0.3, -0.25) is 4.79 Å². The zero-order chi connectivity index (χ0) is 15.8. The zero-order valence-corrected chi connectivity index (χ0v) is 11.7. The second-order valence-electron chi connectivity index (χ2n) is 4.25. The Hall–Kier alpha value is -3.09. The molecule has 114 valence electrons. The van der Waals surface area contributed by atoms with Gasteiger partial charge in [-0.15, -0.1) is 0 Å². The van der Waals surface area contributed by atoms with Crippen LogP contribution < -0.4 is 15.4 Å². The molecular weight excluding hydrogens is 286 g/mol. The lowest BCUT2D eigenvalue weighted by molar-refractivity contribution is 0.0945. The van der Waals surface area contributed by atoms with E-state index in [1.807, 2.05) is 18.2 Å². The molecule has 2 amide bonds. The summed E-state index contributed by atoms with van der Waals surface area (Å²) in [7, 11) is 0. The summed E-state index contributed by atoms with van der Waals surface area (Å²) in [5.74, 6) is 0.494. The Kier molecular flexibility index (Phi) is 5.31. The van der Waals surface area contributed by atoms with Gasteiger partial charge in [0.2, 0.25) is 0 Å². The van der Waals surface area contributed by atoms with Crippen LogP contribution in [0.25, 0.3) is 0 Å². The van der Waals surface area contributed by atoms with Gasteiger partial charge in [0.15, 0.2) is 11.4 Å². The SMILES string of the molecule is O=C(O)NCCNC(=O)c1ncccc1Oc1ccccc1. The molecule has 0 atom stereocenters. The number of para-hydroxylation sites is 1. The number of rotatable bonds is 6. The van der Waals surface area contributed by atoms with Gasteiger partial charge < -0.3 is 20.5 Å². The molecule has 2 aromatic rings. The van der Waals surface area contributed by atoms with E-state index in [0.29, 0.717) is 11.5 Å². The standard InChI is InChI=1S/C15H15N3O4/c19-14(17-9-10-18-15(20)21)13-12(7-4-8-16-13)22-11-5-2-1-3-6-11/h1-8,18H,9-10H2,(H,17,19)(H,20,21). The molecule has 0 aliphatic rings. The third-order valence-electron chi connectivity index (χ3n) is 2.64. The smallest absolute Gasteiger partial charge is 0.404 e. The zero-order valence-electron chi connectivity index (χ0n) is 11.7. The minimum absolute atomic E-state index is 0.114. The second kappa shape index (κ2) is 7.63. The molecule has 0 aliphatic heterocycles. The van der Waals surface area contributed by atoms with Crippen LogP contribution >= 0.6 is 0 Å². The summed E-state index contributed by atoms with van der Waals surface area (Å²) in [4.78, 5) is 26.4. The van der Waals surface area contributed by atoms with Crippen molar-refractivity contribution in [2.75, 3.05) is 13.1 Å². The number of nitrogens with zero attached hydrogens (tertiary/aromatic N) is 1. The summed E-state index contributed by atoms with van der Waals surface area (Å²) in [6.45, 7) is 0.273. The van der Waals surface area contributed by atoms with Crippen LogP contribution in [0.5, 0.6) is 11.5 Å². The Morgan fingerprint density at radius 2 is 1.77 bits per heavy atom. The number of hydrogen-bond donors (Lipinski definition) is 3. The largest absolute Gasteiger partial charge is 0.465 e. The van der Waals surface area contributed by atoms with E-state index < -0.39 is 12.0 Å². The number of ether oxygens (including phenoxy) is 1. The maximum absolute atomic E-state index is 12.1. The molecule has 0 bridgehead atoms. The fourth-order valence-corrected chi connectivity index (χ4v) is 1.69. The lowest BCUT2D eigenvalue weighted by atomic mass is 10.3. The Labute approximate surface area is 126 Å². The van der Waals surface area contributed by atoms with Crippen molar-refractivity contribution in [1.82, 2.24) is 15.6 Å². The predicted molar refractivity (Wildman–Crippen MR) is 79.1 cm³/mol. The number of aromatic nitrogens is 1. The van der Waals surface area contributed by atoms with Crippen LogP contribution in [0.3, 0.4) is 0 Å². The molecule has 1 heterocycles. The first-order valence-corrected chi connectivity index (χ1v) is 6.60. The van der Waals surface area contributed by atoms with Gasteiger partial charge in [-0.05, 0) is 24.3 Å². The van der Waals surface area contributed by atoms with Crippen molar-refractivity contribution in [2.24, 2.45) is 0 Å². The first-order chi connectivity index (χ1) is 10.7. The van der Waals surface area contributed by atoms with Crippen molar-refractivity contribution in [3.05, 3.63) is 54.4 Å². The van der Waals surface area contributed by atoms with Crippen LogP contribution in [0.15, 0.2) is 48.7 Å². The summed E-state index contributed by atoms with van der Waals surface area (Å²) >= 11 is 0. The quantitative estimate of drug-likeness (QED) is 0.707. The lowest BCUT2D eigenvalue weighted by Crippen LogP contribution is -2.34. The molecule has 0 fully saturated rings. The van der Waals surface area contributed by atoms with Crippen LogP contribution in [0.4, 0.5) is 4.79 Å². The Balaban J connectivity index is 2.01. The molecule has 7 nitrogen and oxygen atoms in total. The highest BCUT2D eigenvalue weighted by Gasteiger charge is 2.14. The molecular formula is C15H15N3O4. The minimum Gasteiger partial charge on any atom is -0.465 e. The fourth-order valence-electron chi connectivity index (χ4n) is 1.69. The van der Waals surface area contributed by atoms with Crippen molar-refractivity contribution < 1.29 is 19.4 Å². The van der Waals surface area contributed by atoms with Crippen LogP contribution in [0.1, 0.15) is 10.5 Å². The monoisotopic (exact) mass is 301 g/mol. The Bertz CT molecular complexity index is 646. The molecule has 0 saturated carbocycles.